The lowest BCUT2D eigenvalue weighted by Crippen LogP contribution is -2.55. The van der Waals surface area contributed by atoms with Crippen LogP contribution >= 0.6 is 0 Å². The number of fused-ring (bicyclic) bond motifs is 1. The van der Waals surface area contributed by atoms with Gasteiger partial charge in [-0.2, -0.15) is 0 Å². The molecule has 334 valence electrons. The number of ether oxygens (including phenoxy) is 3. The Morgan fingerprint density at radius 1 is 0.969 bits per heavy atom. The molecule has 1 amide bonds. The summed E-state index contributed by atoms with van der Waals surface area (Å²) in [6.45, 7) is 2.91. The smallest absolute Gasteiger partial charge is 0.312 e. The third-order valence-electron chi connectivity index (χ3n) is 13.7. The fourth-order valence-electron chi connectivity index (χ4n) is 9.86. The van der Waals surface area contributed by atoms with Crippen molar-refractivity contribution >= 4 is 38.2 Å². The van der Waals surface area contributed by atoms with E-state index < -0.39 is 43.7 Å². The van der Waals surface area contributed by atoms with Crippen LogP contribution in [0, 0.1) is 10.1 Å². The molecule has 1 saturated carbocycles. The Kier molecular flexibility index (Phi) is 11.5. The average Bonchev–Trinajstić information content (AvgIpc) is 3.82. The average molecular weight is 891 g/mol. The quantitative estimate of drug-likeness (QED) is 0.0809. The third kappa shape index (κ3) is 8.75. The monoisotopic (exact) mass is 890 g/mol. The van der Waals surface area contributed by atoms with E-state index in [0.717, 1.165) is 66.9 Å². The number of halogens is 1. The topological polar surface area (TPSA) is 169 Å². The summed E-state index contributed by atoms with van der Waals surface area (Å²) >= 11 is 0. The first-order valence-corrected chi connectivity index (χ1v) is 23.8. The van der Waals surface area contributed by atoms with Crippen LogP contribution in [-0.4, -0.2) is 96.2 Å². The van der Waals surface area contributed by atoms with Gasteiger partial charge in [-0.25, -0.2) is 22.5 Å². The van der Waals surface area contributed by atoms with Crippen LogP contribution in [-0.2, 0) is 14.8 Å². The highest BCUT2D eigenvalue weighted by Crippen LogP contribution is 2.47. The zero-order valence-electron chi connectivity index (χ0n) is 35.4. The van der Waals surface area contributed by atoms with Crippen LogP contribution in [0.1, 0.15) is 96.8 Å². The molecule has 2 aliphatic carbocycles. The Morgan fingerprint density at radius 3 is 2.52 bits per heavy atom. The first kappa shape index (κ1) is 42.3. The number of hydrogen-bond donors (Lipinski definition) is 2. The molecule has 2 aromatic heterocycles. The summed E-state index contributed by atoms with van der Waals surface area (Å²) in [5.74, 6) is -0.128. The van der Waals surface area contributed by atoms with Crippen molar-refractivity contribution in [3.63, 3.8) is 0 Å². The van der Waals surface area contributed by atoms with Crippen molar-refractivity contribution < 1.29 is 36.7 Å². The minimum absolute atomic E-state index is 0.0661. The number of aromatic nitrogens is 2. The summed E-state index contributed by atoms with van der Waals surface area (Å²) in [6.07, 6.45) is 13.5. The molecule has 64 heavy (non-hydrogen) atoms. The summed E-state index contributed by atoms with van der Waals surface area (Å²) in [5.41, 5.74) is 3.16. The van der Waals surface area contributed by atoms with Crippen LogP contribution in [0.4, 0.5) is 10.1 Å². The lowest BCUT2D eigenvalue weighted by Gasteiger charge is -2.43. The Morgan fingerprint density at radius 2 is 1.78 bits per heavy atom. The zero-order chi connectivity index (χ0) is 44.0. The van der Waals surface area contributed by atoms with Crippen molar-refractivity contribution in [3.05, 3.63) is 124 Å². The zero-order valence-corrected chi connectivity index (χ0v) is 36.2. The molecule has 2 N–H and O–H groups in total. The summed E-state index contributed by atoms with van der Waals surface area (Å²) in [7, 11) is -4.66. The van der Waals surface area contributed by atoms with Gasteiger partial charge in [-0.1, -0.05) is 36.4 Å². The number of likely N-dealkylation sites (tertiary alicyclic amines) is 2. The number of nitrogens with zero attached hydrogens (tertiary/aromatic N) is 4. The van der Waals surface area contributed by atoms with Gasteiger partial charge in [0, 0.05) is 42.8 Å². The number of nitro groups is 1. The molecule has 3 aromatic carbocycles. The van der Waals surface area contributed by atoms with Crippen LogP contribution < -0.4 is 14.2 Å². The van der Waals surface area contributed by atoms with Crippen LogP contribution in [0.5, 0.6) is 17.2 Å². The number of aromatic amines is 1. The van der Waals surface area contributed by atoms with E-state index in [0.29, 0.717) is 55.7 Å². The maximum absolute atomic E-state index is 15.7. The highest BCUT2D eigenvalue weighted by Gasteiger charge is 2.40. The third-order valence-corrected chi connectivity index (χ3v) is 15.0. The van der Waals surface area contributed by atoms with E-state index in [1.54, 1.807) is 24.4 Å². The maximum Gasteiger partial charge on any atom is 0.312 e. The number of nitro benzene ring substituents is 1. The summed E-state index contributed by atoms with van der Waals surface area (Å²) in [4.78, 5) is 37.2. The van der Waals surface area contributed by atoms with E-state index in [1.165, 1.54) is 42.7 Å². The van der Waals surface area contributed by atoms with E-state index in [2.05, 4.69) is 54.8 Å². The molecule has 3 saturated heterocycles. The number of carbonyl (C=O) groups excluding carboxylic acids is 1. The van der Waals surface area contributed by atoms with Gasteiger partial charge >= 0.3 is 5.69 Å². The normalized spacial score (nSPS) is 21.9. The predicted molar refractivity (Wildman–Crippen MR) is 238 cm³/mol. The molecule has 0 bridgehead atoms. The van der Waals surface area contributed by atoms with Crippen molar-refractivity contribution in [2.75, 3.05) is 39.5 Å². The molecule has 4 fully saturated rings. The van der Waals surface area contributed by atoms with Gasteiger partial charge in [-0.05, 0) is 129 Å². The van der Waals surface area contributed by atoms with Gasteiger partial charge in [0.25, 0.3) is 15.9 Å². The maximum atomic E-state index is 15.7. The molecule has 0 spiro atoms. The number of hydrogen-bond acceptors (Lipinski definition) is 11. The number of allylic oxidation sites excluding steroid dienone is 1. The molecule has 0 radical (unpaired) electrons. The van der Waals surface area contributed by atoms with E-state index in [-0.39, 0.29) is 35.9 Å². The Bertz CT molecular complexity index is 2730. The fraction of sp³-hybridized carbons (Fsp3) is 0.417. The van der Waals surface area contributed by atoms with Crippen molar-refractivity contribution in [3.8, 4) is 17.2 Å². The number of rotatable bonds is 14. The Hall–Kier alpha value is -5.68. The van der Waals surface area contributed by atoms with Gasteiger partial charge in [0.2, 0.25) is 0 Å². The number of piperidine rings is 1. The standard InChI is InChI=1S/C48H51FN6O8S/c49-48(18-22-53(23-19-48)36-28-61-29-36)30-62-44-16-14-38(26-43(44)55(57)58)64(59,60)52-47(56)41-15-11-33(25-45(41)63-37-24-34-17-20-50-46(34)51-27-37)31-9-12-35(13-10-31)54-21-3-6-42(54)40-5-2-1-4-39(40)32-7-8-32/h1-2,4-5,9,11,14-17,20,24-27,32,35-36,42H,3,6-8,10,12-13,18-19,21-23,28-30H2,(H,50,51)(H,52,56)/t35?,42-/m0/s1. The second-order valence-corrected chi connectivity index (χ2v) is 19.5. The van der Waals surface area contributed by atoms with Gasteiger partial charge in [0.05, 0.1) is 40.8 Å². The Balaban J connectivity index is 0.864. The van der Waals surface area contributed by atoms with Crippen LogP contribution in [0.2, 0.25) is 0 Å². The first-order chi connectivity index (χ1) is 31.0. The van der Waals surface area contributed by atoms with Crippen LogP contribution in [0.3, 0.4) is 0 Å². The molecular weight excluding hydrogens is 840 g/mol. The lowest BCUT2D eigenvalue weighted by atomic mass is 9.88. The number of H-pyrrole nitrogens is 1. The van der Waals surface area contributed by atoms with Crippen molar-refractivity contribution in [2.24, 2.45) is 0 Å². The van der Waals surface area contributed by atoms with Crippen LogP contribution in [0.15, 0.2) is 96.2 Å². The molecule has 5 heterocycles. The molecule has 2 atom stereocenters. The minimum atomic E-state index is -4.66. The molecule has 5 aliphatic rings. The number of amides is 1. The first-order valence-electron chi connectivity index (χ1n) is 22.3. The highest BCUT2D eigenvalue weighted by atomic mass is 32.2. The molecule has 3 aliphatic heterocycles. The molecule has 1 unspecified atom stereocenters. The Labute approximate surface area is 371 Å². The van der Waals surface area contributed by atoms with E-state index >= 15 is 4.39 Å². The van der Waals surface area contributed by atoms with Gasteiger partial charge in [-0.15, -0.1) is 0 Å². The summed E-state index contributed by atoms with van der Waals surface area (Å²) in [5, 5.41) is 13.0. The van der Waals surface area contributed by atoms with Gasteiger partial charge in [0.15, 0.2) is 5.75 Å². The predicted octanol–water partition coefficient (Wildman–Crippen LogP) is 8.61. The van der Waals surface area contributed by atoms with Crippen molar-refractivity contribution in [1.29, 1.82) is 0 Å². The summed E-state index contributed by atoms with van der Waals surface area (Å²) in [6, 6.07) is 21.8. The largest absolute Gasteiger partial charge is 0.483 e. The fourth-order valence-corrected chi connectivity index (χ4v) is 10.8. The van der Waals surface area contributed by atoms with Crippen molar-refractivity contribution in [1.82, 2.24) is 24.5 Å². The van der Waals surface area contributed by atoms with Crippen molar-refractivity contribution in [2.45, 2.75) is 92.4 Å². The van der Waals surface area contributed by atoms with Gasteiger partial charge in [0.1, 0.15) is 29.4 Å². The second-order valence-electron chi connectivity index (χ2n) is 17.8. The number of benzene rings is 3. The number of carbonyl (C=O) groups is 1. The van der Waals surface area contributed by atoms with Gasteiger partial charge in [-0.3, -0.25) is 24.7 Å². The molecule has 5 aromatic rings. The van der Waals surface area contributed by atoms with E-state index in [9.17, 15) is 23.3 Å². The number of pyridine rings is 1. The molecule has 14 nitrogen and oxygen atoms in total. The highest BCUT2D eigenvalue weighted by molar-refractivity contribution is 7.90. The minimum Gasteiger partial charge on any atom is -0.483 e. The molecular formula is C48H51FN6O8S. The lowest BCUT2D eigenvalue weighted by molar-refractivity contribution is -0.386. The van der Waals surface area contributed by atoms with E-state index in [1.807, 2.05) is 6.07 Å². The number of nitrogens with one attached hydrogen (secondary N) is 2. The molecule has 10 rings (SSSR count). The SMILES string of the molecule is O=C(NS(=O)(=O)c1ccc(OCC2(F)CCN(C3COC3)CC2)c([N+](=O)[O-])c1)c1ccc(C2=CCC(N3CCC[C@H]3c3ccccc3C3CC3)CC2)cc1Oc1cnc2[nH]ccc2c1. The van der Waals surface area contributed by atoms with Gasteiger partial charge < -0.3 is 19.2 Å². The second kappa shape index (κ2) is 17.4. The number of sulfonamides is 1. The number of alkyl halides is 1. The summed E-state index contributed by atoms with van der Waals surface area (Å²) < 4.78 is 62.5. The van der Waals surface area contributed by atoms with E-state index in [4.69, 9.17) is 14.2 Å². The molecule has 16 heteroatoms. The van der Waals surface area contributed by atoms with Crippen LogP contribution in [0.25, 0.3) is 16.6 Å².